The zero-order valence-corrected chi connectivity index (χ0v) is 13.7. The summed E-state index contributed by atoms with van der Waals surface area (Å²) in [6.07, 6.45) is 3.49. The number of esters is 1. The molecular formula is C14H27O4P. The molecule has 0 amide bonds. The molecule has 1 N–H and O–H groups in total. The summed E-state index contributed by atoms with van der Waals surface area (Å²) in [6.45, 7) is 9.65. The van der Waals surface area contributed by atoms with Crippen molar-refractivity contribution in [1.29, 1.82) is 0 Å². The van der Waals surface area contributed by atoms with Gasteiger partial charge in [-0.1, -0.05) is 38.3 Å². The smallest absolute Gasteiger partial charge is 0.322 e. The second kappa shape index (κ2) is 8.55. The van der Waals surface area contributed by atoms with E-state index in [4.69, 9.17) is 4.74 Å². The molecule has 2 atom stereocenters. The fourth-order valence-electron chi connectivity index (χ4n) is 2.38. The monoisotopic (exact) mass is 290 g/mol. The van der Waals surface area contributed by atoms with Crippen molar-refractivity contribution in [2.75, 3.05) is 6.61 Å². The van der Waals surface area contributed by atoms with Crippen LogP contribution in [0.2, 0.25) is 0 Å². The molecule has 0 aromatic heterocycles. The fourth-order valence-corrected chi connectivity index (χ4v) is 3.66. The van der Waals surface area contributed by atoms with E-state index in [1.807, 2.05) is 33.8 Å². The Kier molecular flexibility index (Phi) is 8.28. The first kappa shape index (κ1) is 18.4. The van der Waals surface area contributed by atoms with E-state index in [1.54, 1.807) is 6.92 Å². The number of hydrogen-bond acceptors (Lipinski definition) is 3. The van der Waals surface area contributed by atoms with Gasteiger partial charge in [0.1, 0.15) is 5.16 Å². The van der Waals surface area contributed by atoms with Crippen molar-refractivity contribution in [3.63, 3.8) is 0 Å². The molecule has 0 aliphatic heterocycles. The van der Waals surface area contributed by atoms with Gasteiger partial charge in [0.05, 0.1) is 6.61 Å². The van der Waals surface area contributed by atoms with Crippen molar-refractivity contribution in [3.8, 4) is 0 Å². The average Bonchev–Trinajstić information content (AvgIpc) is 2.34. The summed E-state index contributed by atoms with van der Waals surface area (Å²) in [5.41, 5.74) is 1.03. The second-order valence-electron chi connectivity index (χ2n) is 5.00. The second-order valence-corrected chi connectivity index (χ2v) is 6.50. The van der Waals surface area contributed by atoms with Gasteiger partial charge in [0.15, 0.2) is 0 Å². The lowest BCUT2D eigenvalue weighted by atomic mass is 9.84. The predicted molar refractivity (Wildman–Crippen MR) is 78.7 cm³/mol. The van der Waals surface area contributed by atoms with E-state index in [0.29, 0.717) is 12.8 Å². The maximum atomic E-state index is 12.3. The highest BCUT2D eigenvalue weighted by Crippen LogP contribution is 2.48. The lowest BCUT2D eigenvalue weighted by Crippen LogP contribution is -2.43. The van der Waals surface area contributed by atoms with Crippen LogP contribution in [-0.4, -0.2) is 22.6 Å². The first-order chi connectivity index (χ1) is 8.86. The zero-order chi connectivity index (χ0) is 15.1. The van der Waals surface area contributed by atoms with Gasteiger partial charge in [0.25, 0.3) is 0 Å². The van der Waals surface area contributed by atoms with Gasteiger partial charge in [-0.2, -0.15) is 0 Å². The summed E-state index contributed by atoms with van der Waals surface area (Å²) in [5.74, 6) is -0.675. The van der Waals surface area contributed by atoms with Crippen LogP contribution in [-0.2, 0) is 14.1 Å². The summed E-state index contributed by atoms with van der Waals surface area (Å²) < 4.78 is 17.0. The number of hydrogen-bond donors (Lipinski definition) is 1. The molecule has 0 heterocycles. The Hall–Kier alpha value is -0.600. The first-order valence-corrected chi connectivity index (χ1v) is 8.26. The minimum atomic E-state index is -3.04. The molecule has 0 fully saturated rings. The van der Waals surface area contributed by atoms with Crippen LogP contribution in [0.3, 0.4) is 0 Å². The molecule has 19 heavy (non-hydrogen) atoms. The maximum Gasteiger partial charge on any atom is 0.322 e. The Balaban J connectivity index is 5.65. The minimum absolute atomic E-state index is 0.140. The van der Waals surface area contributed by atoms with Gasteiger partial charge in [-0.25, -0.2) is 0 Å². The molecule has 5 heteroatoms. The van der Waals surface area contributed by atoms with E-state index < -0.39 is 19.2 Å². The van der Waals surface area contributed by atoms with Crippen LogP contribution in [0.15, 0.2) is 11.6 Å². The Morgan fingerprint density at radius 2 is 1.84 bits per heavy atom. The van der Waals surface area contributed by atoms with Gasteiger partial charge in [0.2, 0.25) is 8.03 Å². The van der Waals surface area contributed by atoms with E-state index in [1.165, 1.54) is 0 Å². The molecule has 0 aromatic carbocycles. The molecule has 112 valence electrons. The van der Waals surface area contributed by atoms with Crippen molar-refractivity contribution < 1.29 is 19.0 Å². The molecular weight excluding hydrogens is 263 g/mol. The molecule has 0 saturated carbocycles. The van der Waals surface area contributed by atoms with E-state index in [9.17, 15) is 14.3 Å². The molecule has 0 bridgehead atoms. The van der Waals surface area contributed by atoms with Crippen LogP contribution in [0.25, 0.3) is 0 Å². The largest absolute Gasteiger partial charge is 0.465 e. The van der Waals surface area contributed by atoms with Crippen LogP contribution in [0.4, 0.5) is 0 Å². The first-order valence-electron chi connectivity index (χ1n) is 6.90. The Morgan fingerprint density at radius 1 is 1.32 bits per heavy atom. The number of carbonyl (C=O) groups is 1. The molecule has 0 radical (unpaired) electrons. The molecule has 0 aliphatic carbocycles. The SMILES string of the molecule is CCOC(=O)C(CC=C(C)C)(C(CC)CC)[PH](=O)O. The fraction of sp³-hybridized carbons (Fsp3) is 0.786. The van der Waals surface area contributed by atoms with Crippen molar-refractivity contribution in [2.24, 2.45) is 5.92 Å². The number of rotatable bonds is 8. The number of allylic oxidation sites excluding steroid dienone is 2. The van der Waals surface area contributed by atoms with Gasteiger partial charge in [-0.05, 0) is 33.1 Å². The van der Waals surface area contributed by atoms with Crippen LogP contribution in [0.1, 0.15) is 53.9 Å². The normalized spacial score (nSPS) is 15.7. The molecule has 0 aliphatic rings. The van der Waals surface area contributed by atoms with Gasteiger partial charge >= 0.3 is 5.97 Å². The highest BCUT2D eigenvalue weighted by molar-refractivity contribution is 7.41. The summed E-state index contributed by atoms with van der Waals surface area (Å²) in [6, 6.07) is 0. The highest BCUT2D eigenvalue weighted by Gasteiger charge is 2.49. The molecule has 0 aromatic rings. The zero-order valence-electron chi connectivity index (χ0n) is 12.7. The molecule has 0 saturated heterocycles. The predicted octanol–water partition coefficient (Wildman–Crippen LogP) is 3.55. The van der Waals surface area contributed by atoms with Crippen LogP contribution in [0, 0.1) is 5.92 Å². The lowest BCUT2D eigenvalue weighted by molar-refractivity contribution is -0.148. The van der Waals surface area contributed by atoms with Crippen molar-refractivity contribution in [3.05, 3.63) is 11.6 Å². The van der Waals surface area contributed by atoms with Crippen LogP contribution in [0.5, 0.6) is 0 Å². The molecule has 4 nitrogen and oxygen atoms in total. The summed E-state index contributed by atoms with van der Waals surface area (Å²) in [7, 11) is -3.04. The maximum absolute atomic E-state index is 12.3. The van der Waals surface area contributed by atoms with Crippen LogP contribution < -0.4 is 0 Å². The van der Waals surface area contributed by atoms with E-state index in [2.05, 4.69) is 0 Å². The summed E-state index contributed by atoms with van der Waals surface area (Å²) >= 11 is 0. The minimum Gasteiger partial charge on any atom is -0.465 e. The van der Waals surface area contributed by atoms with E-state index >= 15 is 0 Å². The summed E-state index contributed by atoms with van der Waals surface area (Å²) in [5, 5.41) is -1.28. The highest BCUT2D eigenvalue weighted by atomic mass is 31.1. The standard InChI is InChI=1S/C14H27O4P/c1-6-12(7-2)14(19(16)17,10-9-11(4)5)13(15)18-8-3/h9,12,19H,6-8,10H2,1-5H3,(H,16,17). The molecule has 0 rings (SSSR count). The topological polar surface area (TPSA) is 63.6 Å². The third kappa shape index (κ3) is 4.47. The average molecular weight is 290 g/mol. The Bertz CT molecular complexity index is 343. The third-order valence-electron chi connectivity index (χ3n) is 3.54. The van der Waals surface area contributed by atoms with Crippen molar-refractivity contribution in [2.45, 2.75) is 59.0 Å². The Morgan fingerprint density at radius 3 is 2.16 bits per heavy atom. The quantitative estimate of drug-likeness (QED) is 0.422. The van der Waals surface area contributed by atoms with Gasteiger partial charge < -0.3 is 9.63 Å². The lowest BCUT2D eigenvalue weighted by Gasteiger charge is -2.34. The van der Waals surface area contributed by atoms with Gasteiger partial charge in [-0.15, -0.1) is 0 Å². The Labute approximate surface area is 117 Å². The van der Waals surface area contributed by atoms with E-state index in [0.717, 1.165) is 5.57 Å². The number of carbonyl (C=O) groups excluding carboxylic acids is 1. The van der Waals surface area contributed by atoms with Gasteiger partial charge in [-0.3, -0.25) is 9.36 Å². The molecule has 2 unspecified atom stereocenters. The van der Waals surface area contributed by atoms with Crippen molar-refractivity contribution >= 4 is 14.0 Å². The summed E-state index contributed by atoms with van der Waals surface area (Å²) in [4.78, 5) is 22.1. The number of ether oxygens (including phenoxy) is 1. The van der Waals surface area contributed by atoms with Gasteiger partial charge in [0, 0.05) is 0 Å². The van der Waals surface area contributed by atoms with Crippen LogP contribution >= 0.6 is 8.03 Å². The third-order valence-corrected chi connectivity index (χ3v) is 5.12. The molecule has 0 spiro atoms. The van der Waals surface area contributed by atoms with Crippen molar-refractivity contribution in [1.82, 2.24) is 0 Å². The van der Waals surface area contributed by atoms with E-state index in [-0.39, 0.29) is 18.9 Å².